The van der Waals surface area contributed by atoms with Crippen molar-refractivity contribution < 1.29 is 19.3 Å². The maximum absolute atomic E-state index is 12.5. The topological polar surface area (TPSA) is 44.8 Å². The van der Waals surface area contributed by atoms with Crippen LogP contribution in [-0.2, 0) is 21.1 Å². The fourth-order valence-electron chi connectivity index (χ4n) is 3.55. The van der Waals surface area contributed by atoms with Crippen LogP contribution in [0.3, 0.4) is 0 Å². The van der Waals surface area contributed by atoms with Gasteiger partial charge in [0, 0.05) is 12.5 Å². The first-order valence-corrected chi connectivity index (χ1v) is 9.29. The molecule has 0 amide bonds. The molecule has 3 aromatic rings. The normalized spacial score (nSPS) is 17.0. The number of benzene rings is 3. The Labute approximate surface area is 158 Å². The molecule has 4 nitrogen and oxygen atoms in total. The Hall–Kier alpha value is -2.69. The van der Waals surface area contributed by atoms with E-state index in [4.69, 9.17) is 14.5 Å². The highest BCUT2D eigenvalue weighted by Crippen LogP contribution is 2.28. The molecule has 1 unspecified atom stereocenters. The highest BCUT2D eigenvalue weighted by atomic mass is 17.2. The Morgan fingerprint density at radius 1 is 1.00 bits per heavy atom. The van der Waals surface area contributed by atoms with Crippen molar-refractivity contribution in [2.45, 2.75) is 25.4 Å². The zero-order valence-electron chi connectivity index (χ0n) is 15.1. The van der Waals surface area contributed by atoms with Crippen molar-refractivity contribution in [1.29, 1.82) is 0 Å². The van der Waals surface area contributed by atoms with Crippen LogP contribution in [0.4, 0.5) is 0 Å². The molecule has 0 N–H and O–H groups in total. The molecule has 0 radical (unpaired) electrons. The van der Waals surface area contributed by atoms with Gasteiger partial charge in [0.15, 0.2) is 0 Å². The summed E-state index contributed by atoms with van der Waals surface area (Å²) < 4.78 is 5.56. The van der Waals surface area contributed by atoms with E-state index in [2.05, 4.69) is 6.07 Å². The molecule has 138 valence electrons. The summed E-state index contributed by atoms with van der Waals surface area (Å²) >= 11 is 0. The van der Waals surface area contributed by atoms with Gasteiger partial charge in [-0.3, -0.25) is 4.89 Å². The van der Waals surface area contributed by atoms with E-state index >= 15 is 0 Å². The fraction of sp³-hybridized carbons (Fsp3) is 0.261. The molecule has 0 bridgehead atoms. The molecule has 1 aliphatic rings. The third-order valence-corrected chi connectivity index (χ3v) is 4.95. The molecule has 0 saturated carbocycles. The van der Waals surface area contributed by atoms with Crippen LogP contribution in [0.1, 0.15) is 40.2 Å². The zero-order valence-corrected chi connectivity index (χ0v) is 15.1. The molecule has 0 spiro atoms. The molecule has 3 aromatic carbocycles. The van der Waals surface area contributed by atoms with Gasteiger partial charge < -0.3 is 4.74 Å². The second-order valence-corrected chi connectivity index (χ2v) is 6.82. The molecule has 27 heavy (non-hydrogen) atoms. The second-order valence-electron chi connectivity index (χ2n) is 6.82. The monoisotopic (exact) mass is 362 g/mol. The maximum Gasteiger partial charge on any atom is 0.373 e. The first-order valence-electron chi connectivity index (χ1n) is 9.29. The second kappa shape index (κ2) is 8.33. The number of rotatable bonds is 5. The predicted molar refractivity (Wildman–Crippen MR) is 103 cm³/mol. The van der Waals surface area contributed by atoms with Crippen molar-refractivity contribution in [3.63, 3.8) is 0 Å². The molecule has 1 atom stereocenters. The molecule has 4 rings (SSSR count). The summed E-state index contributed by atoms with van der Waals surface area (Å²) in [5.41, 5.74) is 2.47. The van der Waals surface area contributed by atoms with Gasteiger partial charge in [-0.1, -0.05) is 54.6 Å². The van der Waals surface area contributed by atoms with Crippen molar-refractivity contribution in [2.24, 2.45) is 0 Å². The molecule has 1 saturated heterocycles. The quantitative estimate of drug-likeness (QED) is 0.472. The lowest BCUT2D eigenvalue weighted by Crippen LogP contribution is -2.19. The minimum absolute atomic E-state index is 0.214. The first-order chi connectivity index (χ1) is 13.3. The first kappa shape index (κ1) is 17.7. The predicted octanol–water partition coefficient (Wildman–Crippen LogP) is 5.02. The summed E-state index contributed by atoms with van der Waals surface area (Å²) in [6.07, 6.45) is 2.02. The number of hydrogen-bond acceptors (Lipinski definition) is 4. The van der Waals surface area contributed by atoms with Gasteiger partial charge in [0.1, 0.15) is 6.61 Å². The standard InChI is InChI=1S/C23H22O4/c24-23(22-10-4-3-9-21(22)20-8-5-13-25-16-20)27-26-15-17-11-12-18-6-1-2-7-19(18)14-17/h1-4,6-7,9-12,14,20H,5,8,13,15-16H2. The van der Waals surface area contributed by atoms with Gasteiger partial charge in [-0.2, -0.15) is 4.89 Å². The lowest BCUT2D eigenvalue weighted by atomic mass is 9.90. The Kier molecular flexibility index (Phi) is 5.47. The van der Waals surface area contributed by atoms with E-state index in [1.807, 2.05) is 54.6 Å². The van der Waals surface area contributed by atoms with Crippen molar-refractivity contribution in [1.82, 2.24) is 0 Å². The number of ether oxygens (including phenoxy) is 1. The minimum Gasteiger partial charge on any atom is -0.381 e. The van der Waals surface area contributed by atoms with Crippen molar-refractivity contribution in [3.8, 4) is 0 Å². The van der Waals surface area contributed by atoms with Gasteiger partial charge in [-0.15, -0.1) is 0 Å². The van der Waals surface area contributed by atoms with Gasteiger partial charge in [0.05, 0.1) is 12.2 Å². The van der Waals surface area contributed by atoms with E-state index in [0.717, 1.165) is 36.0 Å². The van der Waals surface area contributed by atoms with Gasteiger partial charge in [-0.05, 0) is 46.9 Å². The largest absolute Gasteiger partial charge is 0.381 e. The Morgan fingerprint density at radius 3 is 2.67 bits per heavy atom. The zero-order chi connectivity index (χ0) is 18.5. The molecule has 1 aliphatic heterocycles. The summed E-state index contributed by atoms with van der Waals surface area (Å²) in [6.45, 7) is 1.64. The van der Waals surface area contributed by atoms with Crippen LogP contribution in [0, 0.1) is 0 Å². The average Bonchev–Trinajstić information content (AvgIpc) is 2.74. The van der Waals surface area contributed by atoms with Crippen LogP contribution in [-0.4, -0.2) is 19.2 Å². The smallest absolute Gasteiger partial charge is 0.373 e. The van der Waals surface area contributed by atoms with Crippen LogP contribution >= 0.6 is 0 Å². The highest BCUT2D eigenvalue weighted by molar-refractivity contribution is 5.91. The van der Waals surface area contributed by atoms with Gasteiger partial charge in [-0.25, -0.2) is 4.79 Å². The Morgan fingerprint density at radius 2 is 1.81 bits per heavy atom. The molecule has 1 heterocycles. The number of fused-ring (bicyclic) bond motifs is 1. The number of carbonyl (C=O) groups excluding carboxylic acids is 1. The van der Waals surface area contributed by atoms with Gasteiger partial charge in [0.25, 0.3) is 0 Å². The Bertz CT molecular complexity index is 928. The molecule has 1 fully saturated rings. The summed E-state index contributed by atoms with van der Waals surface area (Å²) in [6, 6.07) is 21.7. The molecular weight excluding hydrogens is 340 g/mol. The van der Waals surface area contributed by atoms with Crippen LogP contribution < -0.4 is 0 Å². The molecule has 4 heteroatoms. The van der Waals surface area contributed by atoms with Crippen LogP contribution in [0.25, 0.3) is 10.8 Å². The highest BCUT2D eigenvalue weighted by Gasteiger charge is 2.22. The maximum atomic E-state index is 12.5. The van der Waals surface area contributed by atoms with Crippen molar-refractivity contribution in [3.05, 3.63) is 83.4 Å². The van der Waals surface area contributed by atoms with E-state index < -0.39 is 5.97 Å². The SMILES string of the molecule is O=C(OOCc1ccc2ccccc2c1)c1ccccc1C1CCCOC1. The van der Waals surface area contributed by atoms with Crippen molar-refractivity contribution in [2.75, 3.05) is 13.2 Å². The molecular formula is C23H22O4. The van der Waals surface area contributed by atoms with Gasteiger partial charge >= 0.3 is 5.97 Å². The van der Waals surface area contributed by atoms with E-state index in [1.165, 1.54) is 5.39 Å². The van der Waals surface area contributed by atoms with Gasteiger partial charge in [0.2, 0.25) is 0 Å². The lowest BCUT2D eigenvalue weighted by molar-refractivity contribution is -0.250. The molecule has 0 aliphatic carbocycles. The van der Waals surface area contributed by atoms with Crippen molar-refractivity contribution >= 4 is 16.7 Å². The number of carbonyl (C=O) groups is 1. The minimum atomic E-state index is -0.461. The fourth-order valence-corrected chi connectivity index (χ4v) is 3.55. The third-order valence-electron chi connectivity index (χ3n) is 4.95. The molecule has 0 aromatic heterocycles. The van der Waals surface area contributed by atoms with E-state index in [-0.39, 0.29) is 12.5 Å². The lowest BCUT2D eigenvalue weighted by Gasteiger charge is -2.23. The van der Waals surface area contributed by atoms with E-state index in [0.29, 0.717) is 12.2 Å². The summed E-state index contributed by atoms with van der Waals surface area (Å²) in [7, 11) is 0. The van der Waals surface area contributed by atoms with Crippen LogP contribution in [0.15, 0.2) is 66.7 Å². The Balaban J connectivity index is 1.40. The van der Waals surface area contributed by atoms with Crippen LogP contribution in [0.2, 0.25) is 0 Å². The average molecular weight is 362 g/mol. The van der Waals surface area contributed by atoms with E-state index in [9.17, 15) is 4.79 Å². The summed E-state index contributed by atoms with van der Waals surface area (Å²) in [5, 5.41) is 2.30. The van der Waals surface area contributed by atoms with Crippen LogP contribution in [0.5, 0.6) is 0 Å². The third kappa shape index (κ3) is 4.18. The summed E-state index contributed by atoms with van der Waals surface area (Å²) in [4.78, 5) is 22.9. The summed E-state index contributed by atoms with van der Waals surface area (Å²) in [5.74, 6) is -0.236. The number of hydrogen-bond donors (Lipinski definition) is 0. The van der Waals surface area contributed by atoms with E-state index in [1.54, 1.807) is 6.07 Å².